The van der Waals surface area contributed by atoms with Crippen molar-refractivity contribution in [2.75, 3.05) is 26.2 Å². The summed E-state index contributed by atoms with van der Waals surface area (Å²) < 4.78 is 6.03. The van der Waals surface area contributed by atoms with Gasteiger partial charge >= 0.3 is 6.03 Å². The van der Waals surface area contributed by atoms with Gasteiger partial charge in [0.1, 0.15) is 11.5 Å². The van der Waals surface area contributed by atoms with E-state index in [-0.39, 0.29) is 6.03 Å². The summed E-state index contributed by atoms with van der Waals surface area (Å²) in [5.74, 6) is 4.26. The molecule has 28 heavy (non-hydrogen) atoms. The number of carbonyl (C=O) groups excluding carboxylic acids is 1. The minimum Gasteiger partial charge on any atom is -0.464 e. The fraction of sp³-hybridized carbons (Fsp3) is 0.783. The number of nitrogens with one attached hydrogen (secondary N) is 1. The Morgan fingerprint density at radius 3 is 2.61 bits per heavy atom. The highest BCUT2D eigenvalue weighted by Crippen LogP contribution is 2.47. The molecule has 2 aliphatic carbocycles. The van der Waals surface area contributed by atoms with E-state index < -0.39 is 0 Å². The molecule has 1 aliphatic heterocycles. The van der Waals surface area contributed by atoms with Crippen LogP contribution in [0.2, 0.25) is 0 Å². The second-order valence-electron chi connectivity index (χ2n) is 9.45. The van der Waals surface area contributed by atoms with Crippen molar-refractivity contribution in [3.63, 3.8) is 0 Å². The second-order valence-corrected chi connectivity index (χ2v) is 9.45. The number of hydrogen-bond donors (Lipinski definition) is 1. The lowest BCUT2D eigenvalue weighted by Gasteiger charge is -2.30. The van der Waals surface area contributed by atoms with Crippen LogP contribution in [-0.4, -0.2) is 48.1 Å². The molecule has 2 saturated carbocycles. The predicted molar refractivity (Wildman–Crippen MR) is 111 cm³/mol. The van der Waals surface area contributed by atoms with Gasteiger partial charge in [0.05, 0.1) is 6.54 Å². The van der Waals surface area contributed by atoms with Gasteiger partial charge in [-0.25, -0.2) is 4.79 Å². The lowest BCUT2D eigenvalue weighted by atomic mass is 9.99. The quantitative estimate of drug-likeness (QED) is 0.631. The third-order valence-electron chi connectivity index (χ3n) is 6.79. The molecular formula is C23H37N3O2. The van der Waals surface area contributed by atoms with Crippen LogP contribution in [0.25, 0.3) is 0 Å². The zero-order valence-electron chi connectivity index (χ0n) is 17.7. The summed E-state index contributed by atoms with van der Waals surface area (Å²) in [7, 11) is 0. The predicted octanol–water partition coefficient (Wildman–Crippen LogP) is 4.59. The third-order valence-corrected chi connectivity index (χ3v) is 6.79. The molecule has 5 nitrogen and oxygen atoms in total. The van der Waals surface area contributed by atoms with E-state index in [2.05, 4.69) is 36.2 Å². The Labute approximate surface area is 169 Å². The van der Waals surface area contributed by atoms with Crippen molar-refractivity contribution in [2.24, 2.45) is 11.8 Å². The van der Waals surface area contributed by atoms with Crippen LogP contribution in [-0.2, 0) is 6.54 Å². The molecule has 2 amide bonds. The van der Waals surface area contributed by atoms with Crippen molar-refractivity contribution in [1.29, 1.82) is 0 Å². The van der Waals surface area contributed by atoms with Gasteiger partial charge < -0.3 is 19.5 Å². The zero-order valence-corrected chi connectivity index (χ0v) is 17.7. The van der Waals surface area contributed by atoms with Gasteiger partial charge in [0.25, 0.3) is 0 Å². The first-order chi connectivity index (χ1) is 13.6. The molecule has 3 fully saturated rings. The van der Waals surface area contributed by atoms with Crippen molar-refractivity contribution in [3.8, 4) is 0 Å². The molecule has 4 rings (SSSR count). The minimum atomic E-state index is 0.0760. The number of amides is 2. The summed E-state index contributed by atoms with van der Waals surface area (Å²) >= 11 is 0. The molecule has 1 saturated heterocycles. The topological polar surface area (TPSA) is 48.7 Å². The highest BCUT2D eigenvalue weighted by molar-refractivity contribution is 5.74. The molecule has 2 heterocycles. The van der Waals surface area contributed by atoms with Gasteiger partial charge in [0, 0.05) is 18.5 Å². The molecule has 1 N–H and O–H groups in total. The van der Waals surface area contributed by atoms with Crippen LogP contribution in [0.15, 0.2) is 16.5 Å². The summed E-state index contributed by atoms with van der Waals surface area (Å²) in [6.07, 6.45) is 8.36. The van der Waals surface area contributed by atoms with E-state index in [0.717, 1.165) is 49.2 Å². The van der Waals surface area contributed by atoms with Crippen LogP contribution in [0.1, 0.15) is 76.2 Å². The SMILES string of the molecule is CC1CCN(CCCCNC(=O)N(Cc2ccc(C3CC3C)o2)C2CC2)CC1. The van der Waals surface area contributed by atoms with Gasteiger partial charge in [-0.2, -0.15) is 0 Å². The van der Waals surface area contributed by atoms with Gasteiger partial charge in [0.2, 0.25) is 0 Å². The Bertz CT molecular complexity index is 646. The Morgan fingerprint density at radius 2 is 1.93 bits per heavy atom. The second kappa shape index (κ2) is 8.89. The summed E-state index contributed by atoms with van der Waals surface area (Å²) in [5, 5.41) is 3.14. The fourth-order valence-electron chi connectivity index (χ4n) is 4.36. The first-order valence-corrected chi connectivity index (χ1v) is 11.5. The molecule has 2 atom stereocenters. The lowest BCUT2D eigenvalue weighted by Crippen LogP contribution is -2.41. The van der Waals surface area contributed by atoms with Crippen molar-refractivity contribution in [2.45, 2.75) is 77.3 Å². The highest BCUT2D eigenvalue weighted by Gasteiger charge is 2.37. The molecule has 0 spiro atoms. The third kappa shape index (κ3) is 5.31. The van der Waals surface area contributed by atoms with Crippen molar-refractivity contribution in [3.05, 3.63) is 23.7 Å². The number of furan rings is 1. The monoisotopic (exact) mass is 387 g/mol. The van der Waals surface area contributed by atoms with E-state index >= 15 is 0 Å². The summed E-state index contributed by atoms with van der Waals surface area (Å²) in [6, 6.07) is 4.63. The van der Waals surface area contributed by atoms with E-state index in [9.17, 15) is 4.79 Å². The number of likely N-dealkylation sites (tertiary alicyclic amines) is 1. The Hall–Kier alpha value is -1.49. The summed E-state index contributed by atoms with van der Waals surface area (Å²) in [5.41, 5.74) is 0. The molecular weight excluding hydrogens is 350 g/mol. The number of piperidine rings is 1. The van der Waals surface area contributed by atoms with Crippen molar-refractivity contribution in [1.82, 2.24) is 15.1 Å². The van der Waals surface area contributed by atoms with Crippen LogP contribution in [0, 0.1) is 11.8 Å². The largest absolute Gasteiger partial charge is 0.464 e. The summed E-state index contributed by atoms with van der Waals surface area (Å²) in [4.78, 5) is 17.3. The summed E-state index contributed by atoms with van der Waals surface area (Å²) in [6.45, 7) is 9.65. The van der Waals surface area contributed by atoms with Gasteiger partial charge in [-0.05, 0) is 88.5 Å². The van der Waals surface area contributed by atoms with Crippen LogP contribution in [0.4, 0.5) is 4.79 Å². The van der Waals surface area contributed by atoms with Gasteiger partial charge in [-0.15, -0.1) is 0 Å². The number of carbonyl (C=O) groups is 1. The van der Waals surface area contributed by atoms with Gasteiger partial charge in [-0.1, -0.05) is 13.8 Å². The molecule has 1 aromatic rings. The molecule has 3 aliphatic rings. The first kappa shape index (κ1) is 19.8. The normalized spacial score (nSPS) is 25.6. The van der Waals surface area contributed by atoms with E-state index in [1.54, 1.807) is 0 Å². The van der Waals surface area contributed by atoms with E-state index in [0.29, 0.717) is 18.5 Å². The van der Waals surface area contributed by atoms with Crippen molar-refractivity contribution < 1.29 is 9.21 Å². The maximum absolute atomic E-state index is 12.7. The minimum absolute atomic E-state index is 0.0760. The average Bonchev–Trinajstić information content (AvgIpc) is 3.61. The zero-order chi connectivity index (χ0) is 19.5. The van der Waals surface area contributed by atoms with Crippen LogP contribution < -0.4 is 5.32 Å². The molecule has 156 valence electrons. The molecule has 5 heteroatoms. The fourth-order valence-corrected chi connectivity index (χ4v) is 4.36. The average molecular weight is 388 g/mol. The number of nitrogens with zero attached hydrogens (tertiary/aromatic N) is 2. The Morgan fingerprint density at radius 1 is 1.18 bits per heavy atom. The van der Waals surface area contributed by atoms with Crippen LogP contribution in [0.5, 0.6) is 0 Å². The van der Waals surface area contributed by atoms with E-state index in [4.69, 9.17) is 4.42 Å². The molecule has 0 aromatic carbocycles. The first-order valence-electron chi connectivity index (χ1n) is 11.5. The van der Waals surface area contributed by atoms with Crippen LogP contribution in [0.3, 0.4) is 0 Å². The van der Waals surface area contributed by atoms with Gasteiger partial charge in [0.15, 0.2) is 0 Å². The molecule has 0 bridgehead atoms. The number of unbranched alkanes of at least 4 members (excludes halogenated alkanes) is 1. The van der Waals surface area contributed by atoms with E-state index in [1.807, 2.05) is 4.90 Å². The van der Waals surface area contributed by atoms with Gasteiger partial charge in [-0.3, -0.25) is 0 Å². The molecule has 2 unspecified atom stereocenters. The van der Waals surface area contributed by atoms with Crippen molar-refractivity contribution >= 4 is 6.03 Å². The van der Waals surface area contributed by atoms with Crippen LogP contribution >= 0.6 is 0 Å². The maximum Gasteiger partial charge on any atom is 0.318 e. The number of rotatable bonds is 9. The standard InChI is InChI=1S/C23H37N3O2/c1-17-9-13-25(14-10-17)12-4-3-11-24-23(27)26(19-5-6-19)16-20-7-8-22(28-20)21-15-18(21)2/h7-8,17-19,21H,3-6,9-16H2,1-2H3,(H,24,27). The number of hydrogen-bond acceptors (Lipinski definition) is 3. The molecule has 1 aromatic heterocycles. The highest BCUT2D eigenvalue weighted by atomic mass is 16.3. The lowest BCUT2D eigenvalue weighted by molar-refractivity contribution is 0.182. The molecule has 0 radical (unpaired) electrons. The number of urea groups is 1. The van der Waals surface area contributed by atoms with E-state index in [1.165, 1.54) is 45.3 Å². The smallest absolute Gasteiger partial charge is 0.318 e. The Kier molecular flexibility index (Phi) is 6.29. The Balaban J connectivity index is 1.16. The maximum atomic E-state index is 12.7.